The molecule has 8 rings (SSSR count). The number of hydrogen-bond donors (Lipinski definition) is 0. The Bertz CT molecular complexity index is 1680. The minimum Gasteiger partial charge on any atom is -0.0943 e. The maximum absolute atomic E-state index is 2.49. The van der Waals surface area contributed by atoms with Crippen molar-refractivity contribution in [3.63, 3.8) is 0 Å². The minimum absolute atomic E-state index is 0.316. The molecule has 5 aliphatic rings. The second-order valence-electron chi connectivity index (χ2n) is 11.3. The molecule has 0 nitrogen and oxygen atoms in total. The van der Waals surface area contributed by atoms with Gasteiger partial charge in [0.2, 0.25) is 0 Å². The van der Waals surface area contributed by atoms with Crippen molar-refractivity contribution < 1.29 is 0 Å². The van der Waals surface area contributed by atoms with Crippen molar-refractivity contribution in [2.45, 2.75) is 53.7 Å². The molecular weight excluding hydrogens is 521 g/mol. The average Bonchev–Trinajstić information content (AvgIpc) is 3.03. The molecule has 2 aliphatic heterocycles. The lowest BCUT2D eigenvalue weighted by Gasteiger charge is -2.42. The summed E-state index contributed by atoms with van der Waals surface area (Å²) in [4.78, 5) is 5.98. The number of rotatable bonds is 3. The molecule has 0 amide bonds. The first-order chi connectivity index (χ1) is 19.8. The third-order valence-electron chi connectivity index (χ3n) is 9.07. The van der Waals surface area contributed by atoms with E-state index >= 15 is 0 Å². The van der Waals surface area contributed by atoms with Crippen molar-refractivity contribution in [2.24, 2.45) is 5.92 Å². The molecule has 0 saturated heterocycles. The molecule has 2 heteroatoms. The van der Waals surface area contributed by atoms with Gasteiger partial charge in [-0.1, -0.05) is 127 Å². The number of hydrogen-bond acceptors (Lipinski definition) is 2. The van der Waals surface area contributed by atoms with Crippen LogP contribution < -0.4 is 0 Å². The van der Waals surface area contributed by atoms with Gasteiger partial charge in [-0.25, -0.2) is 0 Å². The molecule has 0 spiro atoms. The maximum atomic E-state index is 2.49. The van der Waals surface area contributed by atoms with Gasteiger partial charge in [0, 0.05) is 32.4 Å². The minimum atomic E-state index is 0.316. The van der Waals surface area contributed by atoms with Gasteiger partial charge in [-0.3, -0.25) is 0 Å². The first kappa shape index (κ1) is 24.6. The summed E-state index contributed by atoms with van der Waals surface area (Å²) < 4.78 is 0. The van der Waals surface area contributed by atoms with Crippen LogP contribution in [0, 0.1) is 5.92 Å². The third-order valence-corrected chi connectivity index (χ3v) is 11.5. The van der Waals surface area contributed by atoms with Crippen LogP contribution >= 0.6 is 23.5 Å². The molecule has 0 fully saturated rings. The summed E-state index contributed by atoms with van der Waals surface area (Å²) in [6.45, 7) is 0. The van der Waals surface area contributed by atoms with Crippen LogP contribution in [-0.2, 0) is 0 Å². The van der Waals surface area contributed by atoms with E-state index in [1.165, 1.54) is 49.8 Å². The van der Waals surface area contributed by atoms with Crippen molar-refractivity contribution >= 4 is 23.5 Å². The zero-order valence-electron chi connectivity index (χ0n) is 22.6. The Morgan fingerprint density at radius 2 is 1.55 bits per heavy atom. The van der Waals surface area contributed by atoms with E-state index in [0.717, 1.165) is 19.3 Å². The van der Waals surface area contributed by atoms with Crippen LogP contribution in [-0.4, -0.2) is 0 Å². The SMILES string of the molecule is C1=CCC(c2cccc3c2C(C2C4=C(CCC=C4)SC4=C2CCC=C4)c2ccc(-c4ccccc4)cc2S3)C=C1. The van der Waals surface area contributed by atoms with Crippen molar-refractivity contribution in [1.29, 1.82) is 0 Å². The first-order valence-corrected chi connectivity index (χ1v) is 16.3. The molecule has 40 heavy (non-hydrogen) atoms. The smallest absolute Gasteiger partial charge is 0.0222 e. The highest BCUT2D eigenvalue weighted by Gasteiger charge is 2.42. The van der Waals surface area contributed by atoms with Crippen LogP contribution in [0.2, 0.25) is 0 Å². The van der Waals surface area contributed by atoms with Crippen LogP contribution in [0.15, 0.2) is 146 Å². The molecule has 0 saturated carbocycles. The van der Waals surface area contributed by atoms with Gasteiger partial charge in [0.15, 0.2) is 0 Å². The average molecular weight is 553 g/mol. The summed E-state index contributed by atoms with van der Waals surface area (Å²) in [6, 6.07) is 25.3. The summed E-state index contributed by atoms with van der Waals surface area (Å²) in [5.74, 6) is 1.14. The van der Waals surface area contributed by atoms with Gasteiger partial charge in [0.1, 0.15) is 0 Å². The Labute approximate surface area is 246 Å². The van der Waals surface area contributed by atoms with Gasteiger partial charge in [-0.2, -0.15) is 0 Å². The van der Waals surface area contributed by atoms with E-state index < -0.39 is 0 Å². The molecule has 3 aliphatic carbocycles. The molecule has 0 bridgehead atoms. The van der Waals surface area contributed by atoms with E-state index in [-0.39, 0.29) is 0 Å². The second-order valence-corrected chi connectivity index (χ2v) is 13.6. The Balaban J connectivity index is 1.37. The largest absolute Gasteiger partial charge is 0.0943 e. The van der Waals surface area contributed by atoms with Crippen LogP contribution in [0.3, 0.4) is 0 Å². The fourth-order valence-corrected chi connectivity index (χ4v) is 9.81. The van der Waals surface area contributed by atoms with Gasteiger partial charge in [-0.05, 0) is 88.1 Å². The Morgan fingerprint density at radius 3 is 2.45 bits per heavy atom. The lowest BCUT2D eigenvalue weighted by Crippen LogP contribution is -2.27. The van der Waals surface area contributed by atoms with E-state index in [1.54, 1.807) is 21.6 Å². The zero-order chi connectivity index (χ0) is 26.5. The highest BCUT2D eigenvalue weighted by Crippen LogP contribution is 2.59. The molecular formula is C38H32S2. The monoisotopic (exact) mass is 552 g/mol. The summed E-state index contributed by atoms with van der Waals surface area (Å²) in [6.07, 6.45) is 24.7. The lowest BCUT2D eigenvalue weighted by molar-refractivity contribution is 0.567. The first-order valence-electron chi connectivity index (χ1n) is 14.7. The molecule has 0 aromatic heterocycles. The van der Waals surface area contributed by atoms with Crippen molar-refractivity contribution in [1.82, 2.24) is 0 Å². The summed E-state index contributed by atoms with van der Waals surface area (Å²) >= 11 is 4.04. The van der Waals surface area contributed by atoms with Crippen LogP contribution in [0.4, 0.5) is 0 Å². The van der Waals surface area contributed by atoms with E-state index in [9.17, 15) is 0 Å². The molecule has 3 atom stereocenters. The van der Waals surface area contributed by atoms with E-state index in [1.807, 2.05) is 11.8 Å². The lowest BCUT2D eigenvalue weighted by atomic mass is 9.68. The van der Waals surface area contributed by atoms with Crippen LogP contribution in [0.5, 0.6) is 0 Å². The van der Waals surface area contributed by atoms with Gasteiger partial charge >= 0.3 is 0 Å². The van der Waals surface area contributed by atoms with Gasteiger partial charge in [-0.15, -0.1) is 0 Å². The molecule has 0 radical (unpaired) electrons. The van der Waals surface area contributed by atoms with E-state index in [4.69, 9.17) is 0 Å². The number of benzene rings is 3. The van der Waals surface area contributed by atoms with Crippen LogP contribution in [0.25, 0.3) is 11.1 Å². The number of thioether (sulfide) groups is 1. The summed E-state index contributed by atoms with van der Waals surface area (Å²) in [5.41, 5.74) is 10.4. The Morgan fingerprint density at radius 1 is 0.650 bits per heavy atom. The van der Waals surface area contributed by atoms with Gasteiger partial charge < -0.3 is 0 Å². The molecule has 0 N–H and O–H groups in total. The van der Waals surface area contributed by atoms with Crippen LogP contribution in [0.1, 0.15) is 60.6 Å². The second kappa shape index (κ2) is 10.3. The number of allylic oxidation sites excluding steroid dienone is 11. The van der Waals surface area contributed by atoms with Crippen molar-refractivity contribution in [3.05, 3.63) is 153 Å². The molecule has 3 aromatic rings. The predicted octanol–water partition coefficient (Wildman–Crippen LogP) is 11.1. The normalized spacial score (nSPS) is 24.4. The zero-order valence-corrected chi connectivity index (χ0v) is 24.2. The fraction of sp³-hybridized carbons (Fsp3) is 0.211. The summed E-state index contributed by atoms with van der Waals surface area (Å²) in [7, 11) is 0. The van der Waals surface area contributed by atoms with Gasteiger partial charge in [0.05, 0.1) is 0 Å². The topological polar surface area (TPSA) is 0 Å². The highest BCUT2D eigenvalue weighted by molar-refractivity contribution is 8.07. The maximum Gasteiger partial charge on any atom is 0.0222 e. The molecule has 196 valence electrons. The Hall–Kier alpha value is -3.20. The number of fused-ring (bicyclic) bond motifs is 2. The Kier molecular flexibility index (Phi) is 6.35. The molecule has 3 aromatic carbocycles. The van der Waals surface area contributed by atoms with Crippen molar-refractivity contribution in [2.75, 3.05) is 0 Å². The third kappa shape index (κ3) is 4.16. The predicted molar refractivity (Wildman–Crippen MR) is 172 cm³/mol. The summed E-state index contributed by atoms with van der Waals surface area (Å²) in [5, 5.41) is 0. The van der Waals surface area contributed by atoms with E-state index in [2.05, 4.69) is 127 Å². The van der Waals surface area contributed by atoms with E-state index in [0.29, 0.717) is 17.8 Å². The highest BCUT2D eigenvalue weighted by atomic mass is 32.2. The quantitative estimate of drug-likeness (QED) is 0.317. The van der Waals surface area contributed by atoms with Gasteiger partial charge in [0.25, 0.3) is 0 Å². The fourth-order valence-electron chi connectivity index (χ4n) is 7.25. The standard InChI is InChI=1S/C38H32S2/c1-3-12-25(13-4-1)27-22-23-31-35(24-27)40-34-21-11-18-28(26-14-5-2-6-15-26)37(34)38(31)36-29-16-7-9-19-32(29)39-33-20-10-8-17-30(33)36/h1-7,10-14,16,18,20-24,26,36,38H,8-9,15,17,19H2. The molecule has 2 heterocycles. The molecule has 3 unspecified atom stereocenters. The van der Waals surface area contributed by atoms with Crippen molar-refractivity contribution in [3.8, 4) is 11.1 Å².